The fraction of sp³-hybridized carbons (Fsp3) is 0.360. The van der Waals surface area contributed by atoms with Gasteiger partial charge in [0.25, 0.3) is 0 Å². The van der Waals surface area contributed by atoms with Gasteiger partial charge in [-0.1, -0.05) is 12.1 Å². The van der Waals surface area contributed by atoms with E-state index in [4.69, 9.17) is 19.6 Å². The van der Waals surface area contributed by atoms with Crippen LogP contribution < -0.4 is 24.6 Å². The van der Waals surface area contributed by atoms with Gasteiger partial charge in [-0.25, -0.2) is 19.7 Å². The summed E-state index contributed by atoms with van der Waals surface area (Å²) < 4.78 is 10.7. The summed E-state index contributed by atoms with van der Waals surface area (Å²) in [6, 6.07) is 12.2. The normalized spacial score (nSPS) is 16.1. The highest BCUT2D eigenvalue weighted by Gasteiger charge is 2.31. The standard InChI is InChI=1S/C25H30N6O5/c1-16-9-10-30(2)21-8-7-20(17-5-4-6-19(11-17)36-14-18(33)13-32)28-24(21)31(16)25(34)29-22-12-23(35-3)27-15-26-22/h4-8,11-12,15-16,18,32-33H,9-10,13-14H2,1-3H3,(H,26,27,29,34)/t16-,18+/m1/s1. The Morgan fingerprint density at radius 1 is 1.25 bits per heavy atom. The molecule has 3 aromatic rings. The van der Waals surface area contributed by atoms with Crippen molar-refractivity contribution < 1.29 is 24.5 Å². The van der Waals surface area contributed by atoms with E-state index in [1.807, 2.05) is 38.2 Å². The van der Waals surface area contributed by atoms with Gasteiger partial charge in [-0.05, 0) is 37.6 Å². The van der Waals surface area contributed by atoms with Crippen molar-refractivity contribution in [3.63, 3.8) is 0 Å². The number of carbonyl (C=O) groups is 1. The van der Waals surface area contributed by atoms with Crippen LogP contribution in [0.4, 0.5) is 22.1 Å². The molecule has 2 aromatic heterocycles. The molecule has 1 aliphatic rings. The van der Waals surface area contributed by atoms with Crippen LogP contribution in [0.3, 0.4) is 0 Å². The van der Waals surface area contributed by atoms with E-state index in [1.54, 1.807) is 23.1 Å². The second-order valence-corrected chi connectivity index (χ2v) is 8.52. The van der Waals surface area contributed by atoms with Gasteiger partial charge in [0.05, 0.1) is 25.1 Å². The van der Waals surface area contributed by atoms with Crippen molar-refractivity contribution in [1.29, 1.82) is 0 Å². The Kier molecular flexibility index (Phi) is 7.81. The number of aliphatic hydroxyl groups excluding tert-OH is 2. The Morgan fingerprint density at radius 3 is 2.86 bits per heavy atom. The molecule has 3 heterocycles. The first-order chi connectivity index (χ1) is 17.4. The fourth-order valence-electron chi connectivity index (χ4n) is 3.89. The number of aromatic nitrogens is 3. The molecule has 11 nitrogen and oxygen atoms in total. The van der Waals surface area contributed by atoms with Crippen molar-refractivity contribution in [1.82, 2.24) is 15.0 Å². The molecule has 0 saturated heterocycles. The van der Waals surface area contributed by atoms with Crippen LogP contribution in [0.15, 0.2) is 48.8 Å². The molecule has 0 saturated carbocycles. The van der Waals surface area contributed by atoms with Gasteiger partial charge in [-0.2, -0.15) is 0 Å². The van der Waals surface area contributed by atoms with Crippen LogP contribution in [0.2, 0.25) is 0 Å². The van der Waals surface area contributed by atoms with Gasteiger partial charge >= 0.3 is 6.03 Å². The van der Waals surface area contributed by atoms with Gasteiger partial charge < -0.3 is 24.6 Å². The molecule has 4 rings (SSSR count). The number of benzene rings is 1. The average molecular weight is 495 g/mol. The summed E-state index contributed by atoms with van der Waals surface area (Å²) in [6.45, 7) is 2.34. The Bertz CT molecular complexity index is 1210. The van der Waals surface area contributed by atoms with E-state index in [0.29, 0.717) is 29.0 Å². The quantitative estimate of drug-likeness (QED) is 0.453. The average Bonchev–Trinajstić information content (AvgIpc) is 3.02. The van der Waals surface area contributed by atoms with E-state index in [1.165, 1.54) is 13.4 Å². The molecule has 1 aliphatic heterocycles. The zero-order valence-corrected chi connectivity index (χ0v) is 20.5. The summed E-state index contributed by atoms with van der Waals surface area (Å²) in [5.74, 6) is 1.73. The zero-order valence-electron chi connectivity index (χ0n) is 20.5. The number of nitrogens with one attached hydrogen (secondary N) is 1. The van der Waals surface area contributed by atoms with Crippen LogP contribution in [-0.4, -0.2) is 77.3 Å². The molecular weight excluding hydrogens is 464 g/mol. The lowest BCUT2D eigenvalue weighted by Gasteiger charge is -2.28. The Hall–Kier alpha value is -3.96. The first-order valence-corrected chi connectivity index (χ1v) is 11.6. The van der Waals surface area contributed by atoms with Gasteiger partial charge in [0.2, 0.25) is 5.88 Å². The third-order valence-corrected chi connectivity index (χ3v) is 5.90. The molecule has 1 aromatic carbocycles. The Balaban J connectivity index is 1.67. The molecule has 190 valence electrons. The maximum atomic E-state index is 13.5. The van der Waals surface area contributed by atoms with Crippen molar-refractivity contribution in [2.24, 2.45) is 0 Å². The number of fused-ring (bicyclic) bond motifs is 1. The number of hydrogen-bond donors (Lipinski definition) is 3. The van der Waals surface area contributed by atoms with Crippen molar-refractivity contribution in [2.45, 2.75) is 25.5 Å². The van der Waals surface area contributed by atoms with Gasteiger partial charge in [0.1, 0.15) is 30.6 Å². The van der Waals surface area contributed by atoms with Gasteiger partial charge in [-0.15, -0.1) is 0 Å². The number of ether oxygens (including phenoxy) is 2. The summed E-state index contributed by atoms with van der Waals surface area (Å²) in [7, 11) is 3.47. The lowest BCUT2D eigenvalue weighted by molar-refractivity contribution is 0.0536. The van der Waals surface area contributed by atoms with Crippen molar-refractivity contribution in [3.8, 4) is 22.9 Å². The number of rotatable bonds is 7. The topological polar surface area (TPSA) is 133 Å². The minimum atomic E-state index is -0.960. The van der Waals surface area contributed by atoms with E-state index >= 15 is 0 Å². The molecule has 0 unspecified atom stereocenters. The van der Waals surface area contributed by atoms with E-state index < -0.39 is 6.10 Å². The number of aliphatic hydroxyl groups is 2. The number of anilines is 3. The first-order valence-electron chi connectivity index (χ1n) is 11.6. The second-order valence-electron chi connectivity index (χ2n) is 8.52. The second kappa shape index (κ2) is 11.2. The largest absolute Gasteiger partial charge is 0.491 e. The third-order valence-electron chi connectivity index (χ3n) is 5.90. The van der Waals surface area contributed by atoms with Crippen molar-refractivity contribution >= 4 is 23.4 Å². The van der Waals surface area contributed by atoms with E-state index in [9.17, 15) is 9.90 Å². The maximum Gasteiger partial charge on any atom is 0.328 e. The molecule has 0 fully saturated rings. The molecule has 2 atom stereocenters. The van der Waals surface area contributed by atoms with Gasteiger partial charge in [0.15, 0.2) is 5.82 Å². The van der Waals surface area contributed by atoms with Crippen LogP contribution in [0.5, 0.6) is 11.6 Å². The molecule has 0 radical (unpaired) electrons. The summed E-state index contributed by atoms with van der Waals surface area (Å²) in [4.78, 5) is 30.2. The zero-order chi connectivity index (χ0) is 25.7. The number of amides is 2. The minimum absolute atomic E-state index is 0.0261. The third kappa shape index (κ3) is 5.64. The number of pyridine rings is 1. The summed E-state index contributed by atoms with van der Waals surface area (Å²) in [5, 5.41) is 21.4. The molecular formula is C25H30N6O5. The minimum Gasteiger partial charge on any atom is -0.491 e. The number of urea groups is 1. The van der Waals surface area contributed by atoms with Crippen LogP contribution in [-0.2, 0) is 0 Å². The lowest BCUT2D eigenvalue weighted by atomic mass is 10.1. The summed E-state index contributed by atoms with van der Waals surface area (Å²) >= 11 is 0. The van der Waals surface area contributed by atoms with Crippen LogP contribution in [0.1, 0.15) is 13.3 Å². The SMILES string of the molecule is COc1cc(NC(=O)N2c3nc(-c4cccc(OC[C@@H](O)CO)c4)ccc3N(C)CC[C@H]2C)ncn1. The molecule has 11 heteroatoms. The number of hydrogen-bond acceptors (Lipinski definition) is 9. The van der Waals surface area contributed by atoms with Gasteiger partial charge in [-0.3, -0.25) is 10.2 Å². The molecule has 0 spiro atoms. The predicted molar refractivity (Wildman–Crippen MR) is 136 cm³/mol. The molecule has 3 N–H and O–H groups in total. The Morgan fingerprint density at radius 2 is 2.08 bits per heavy atom. The van der Waals surface area contributed by atoms with Crippen LogP contribution in [0, 0.1) is 0 Å². The Labute approximate surface area is 209 Å². The monoisotopic (exact) mass is 494 g/mol. The van der Waals surface area contributed by atoms with Gasteiger partial charge in [0, 0.05) is 31.3 Å². The summed E-state index contributed by atoms with van der Waals surface area (Å²) in [5.41, 5.74) is 2.28. The number of nitrogens with zero attached hydrogens (tertiary/aromatic N) is 5. The van der Waals surface area contributed by atoms with E-state index in [-0.39, 0.29) is 25.3 Å². The smallest absolute Gasteiger partial charge is 0.328 e. The molecule has 36 heavy (non-hydrogen) atoms. The molecule has 0 bridgehead atoms. The van der Waals surface area contributed by atoms with Crippen LogP contribution in [0.25, 0.3) is 11.3 Å². The molecule has 2 amide bonds. The summed E-state index contributed by atoms with van der Waals surface area (Å²) in [6.07, 6.45) is 1.12. The van der Waals surface area contributed by atoms with E-state index in [0.717, 1.165) is 24.2 Å². The molecule has 0 aliphatic carbocycles. The predicted octanol–water partition coefficient (Wildman–Crippen LogP) is 2.55. The van der Waals surface area contributed by atoms with E-state index in [2.05, 4.69) is 20.2 Å². The highest BCUT2D eigenvalue weighted by Crippen LogP contribution is 2.35. The maximum absolute atomic E-state index is 13.5. The highest BCUT2D eigenvalue weighted by atomic mass is 16.5. The highest BCUT2D eigenvalue weighted by molar-refractivity contribution is 6.03. The lowest BCUT2D eigenvalue weighted by Crippen LogP contribution is -2.42. The van der Waals surface area contributed by atoms with Crippen LogP contribution >= 0.6 is 0 Å². The number of carbonyl (C=O) groups excluding carboxylic acids is 1. The fourth-order valence-corrected chi connectivity index (χ4v) is 3.89. The van der Waals surface area contributed by atoms with Crippen molar-refractivity contribution in [2.75, 3.05) is 49.0 Å². The first kappa shape index (κ1) is 25.1. The number of methoxy groups -OCH3 is 1. The van der Waals surface area contributed by atoms with Crippen molar-refractivity contribution in [3.05, 3.63) is 48.8 Å².